The van der Waals surface area contributed by atoms with E-state index in [1.165, 1.54) is 25.2 Å². The van der Waals surface area contributed by atoms with Crippen LogP contribution >= 0.6 is 12.2 Å². The Bertz CT molecular complexity index is 490. The summed E-state index contributed by atoms with van der Waals surface area (Å²) in [6.45, 7) is -0.0185. The number of anilines is 1. The Labute approximate surface area is 113 Å². The maximum atomic E-state index is 12.7. The van der Waals surface area contributed by atoms with Gasteiger partial charge in [0.1, 0.15) is 0 Å². The number of nitrogens with two attached hydrogens (primary N) is 1. The number of thiocarbonyl (C=S) groups is 1. The SMILES string of the molecule is CN(CC(N)=S)C(=O)Nc1ccccc1C(F)(F)F. The number of hydrogen-bond acceptors (Lipinski definition) is 2. The monoisotopic (exact) mass is 291 g/mol. The molecule has 0 saturated heterocycles. The Balaban J connectivity index is 2.88. The number of likely N-dealkylation sites (N-methyl/N-ethyl adjacent to an activating group) is 1. The van der Waals surface area contributed by atoms with Crippen molar-refractivity contribution in [3.05, 3.63) is 29.8 Å². The van der Waals surface area contributed by atoms with Crippen molar-refractivity contribution in [1.82, 2.24) is 4.90 Å². The molecule has 0 bridgehead atoms. The lowest BCUT2D eigenvalue weighted by Gasteiger charge is -2.19. The van der Waals surface area contributed by atoms with Gasteiger partial charge in [0.05, 0.1) is 22.8 Å². The highest BCUT2D eigenvalue weighted by Gasteiger charge is 2.33. The Morgan fingerprint density at radius 2 is 2.00 bits per heavy atom. The molecular weight excluding hydrogens is 279 g/mol. The molecule has 0 saturated carbocycles. The molecule has 1 aromatic rings. The molecular formula is C11H12F3N3OS. The highest BCUT2D eigenvalue weighted by molar-refractivity contribution is 7.80. The molecule has 4 nitrogen and oxygen atoms in total. The van der Waals surface area contributed by atoms with Gasteiger partial charge in [-0.15, -0.1) is 0 Å². The van der Waals surface area contributed by atoms with Gasteiger partial charge >= 0.3 is 12.2 Å². The fourth-order valence-corrected chi connectivity index (χ4v) is 1.55. The first-order valence-corrected chi connectivity index (χ1v) is 5.59. The van der Waals surface area contributed by atoms with Crippen LogP contribution in [0.5, 0.6) is 0 Å². The molecule has 3 N–H and O–H groups in total. The minimum Gasteiger partial charge on any atom is -0.392 e. The minimum absolute atomic E-state index is 0.0185. The molecule has 0 aliphatic rings. The number of amides is 2. The summed E-state index contributed by atoms with van der Waals surface area (Å²) in [5.74, 6) is 0. The number of nitrogens with one attached hydrogen (secondary N) is 1. The Kier molecular flexibility index (Phi) is 4.71. The molecule has 0 atom stereocenters. The highest BCUT2D eigenvalue weighted by atomic mass is 32.1. The molecule has 0 heterocycles. The lowest BCUT2D eigenvalue weighted by Crippen LogP contribution is -2.37. The molecule has 0 radical (unpaired) electrons. The predicted octanol–water partition coefficient (Wildman–Crippen LogP) is 2.46. The molecule has 0 aromatic heterocycles. The van der Waals surface area contributed by atoms with Crippen molar-refractivity contribution in [2.75, 3.05) is 18.9 Å². The maximum Gasteiger partial charge on any atom is 0.418 e. The second kappa shape index (κ2) is 5.87. The quantitative estimate of drug-likeness (QED) is 0.841. The lowest BCUT2D eigenvalue weighted by atomic mass is 10.1. The van der Waals surface area contributed by atoms with Crippen LogP contribution in [0.1, 0.15) is 5.56 Å². The van der Waals surface area contributed by atoms with E-state index >= 15 is 0 Å². The summed E-state index contributed by atoms with van der Waals surface area (Å²) in [5, 5.41) is 2.17. The van der Waals surface area contributed by atoms with Crippen molar-refractivity contribution in [3.8, 4) is 0 Å². The van der Waals surface area contributed by atoms with E-state index in [1.807, 2.05) is 0 Å². The van der Waals surface area contributed by atoms with E-state index in [2.05, 4.69) is 17.5 Å². The van der Waals surface area contributed by atoms with Gasteiger partial charge in [-0.1, -0.05) is 24.4 Å². The summed E-state index contributed by atoms with van der Waals surface area (Å²) in [6, 6.07) is 4.00. The van der Waals surface area contributed by atoms with Crippen molar-refractivity contribution in [2.24, 2.45) is 5.73 Å². The van der Waals surface area contributed by atoms with Crippen molar-refractivity contribution < 1.29 is 18.0 Å². The Hall–Kier alpha value is -1.83. The molecule has 0 aliphatic carbocycles. The van der Waals surface area contributed by atoms with Crippen LogP contribution in [0.3, 0.4) is 0 Å². The largest absolute Gasteiger partial charge is 0.418 e. The van der Waals surface area contributed by atoms with Crippen molar-refractivity contribution in [2.45, 2.75) is 6.18 Å². The first-order chi connectivity index (χ1) is 8.71. The molecule has 0 fully saturated rings. The van der Waals surface area contributed by atoms with Gasteiger partial charge in [-0.05, 0) is 12.1 Å². The highest BCUT2D eigenvalue weighted by Crippen LogP contribution is 2.34. The van der Waals surface area contributed by atoms with Crippen molar-refractivity contribution in [1.29, 1.82) is 0 Å². The van der Waals surface area contributed by atoms with Gasteiger partial charge in [0.25, 0.3) is 0 Å². The third kappa shape index (κ3) is 4.40. The van der Waals surface area contributed by atoms with Crippen LogP contribution in [0.2, 0.25) is 0 Å². The number of carbonyl (C=O) groups excluding carboxylic acids is 1. The van der Waals surface area contributed by atoms with Gasteiger partial charge in [0.2, 0.25) is 0 Å². The smallest absolute Gasteiger partial charge is 0.392 e. The number of urea groups is 1. The standard InChI is InChI=1S/C11H12F3N3OS/c1-17(6-9(15)19)10(18)16-8-5-3-2-4-7(8)11(12,13)14/h2-5H,6H2,1H3,(H2,15,19)(H,16,18). The third-order valence-electron chi connectivity index (χ3n) is 2.21. The van der Waals surface area contributed by atoms with E-state index in [0.29, 0.717) is 0 Å². The van der Waals surface area contributed by atoms with Crippen LogP contribution < -0.4 is 11.1 Å². The number of nitrogens with zero attached hydrogens (tertiary/aromatic N) is 1. The summed E-state index contributed by atoms with van der Waals surface area (Å²) in [4.78, 5) is 12.8. The molecule has 1 rings (SSSR count). The second-order valence-electron chi connectivity index (χ2n) is 3.80. The summed E-state index contributed by atoms with van der Waals surface area (Å²) < 4.78 is 38.1. The fraction of sp³-hybridized carbons (Fsp3) is 0.273. The maximum absolute atomic E-state index is 12.7. The average molecular weight is 291 g/mol. The summed E-state index contributed by atoms with van der Waals surface area (Å²) >= 11 is 4.62. The number of halogens is 3. The molecule has 0 spiro atoms. The van der Waals surface area contributed by atoms with Gasteiger partial charge in [-0.3, -0.25) is 0 Å². The Morgan fingerprint density at radius 1 is 1.42 bits per heavy atom. The Morgan fingerprint density at radius 3 is 2.53 bits per heavy atom. The zero-order valence-electron chi connectivity index (χ0n) is 9.99. The van der Waals surface area contributed by atoms with E-state index in [-0.39, 0.29) is 17.2 Å². The third-order valence-corrected chi connectivity index (χ3v) is 2.34. The van der Waals surface area contributed by atoms with Crippen LogP contribution in [0, 0.1) is 0 Å². The number of hydrogen-bond donors (Lipinski definition) is 2. The molecule has 19 heavy (non-hydrogen) atoms. The van der Waals surface area contributed by atoms with Gasteiger partial charge in [-0.2, -0.15) is 13.2 Å². The zero-order chi connectivity index (χ0) is 14.6. The predicted molar refractivity (Wildman–Crippen MR) is 69.9 cm³/mol. The van der Waals surface area contributed by atoms with E-state index in [0.717, 1.165) is 11.0 Å². The summed E-state index contributed by atoms with van der Waals surface area (Å²) in [5.41, 5.74) is 4.03. The second-order valence-corrected chi connectivity index (χ2v) is 4.32. The summed E-state index contributed by atoms with van der Waals surface area (Å²) in [6.07, 6.45) is -4.54. The molecule has 0 aliphatic heterocycles. The molecule has 104 valence electrons. The van der Waals surface area contributed by atoms with E-state index in [4.69, 9.17) is 5.73 Å². The van der Waals surface area contributed by atoms with Gasteiger partial charge < -0.3 is 16.0 Å². The zero-order valence-corrected chi connectivity index (χ0v) is 10.8. The van der Waals surface area contributed by atoms with E-state index < -0.39 is 17.8 Å². The number of rotatable bonds is 3. The van der Waals surface area contributed by atoms with E-state index in [1.54, 1.807) is 0 Å². The topological polar surface area (TPSA) is 58.4 Å². The molecule has 0 unspecified atom stereocenters. The summed E-state index contributed by atoms with van der Waals surface area (Å²) in [7, 11) is 1.38. The number of carbonyl (C=O) groups is 1. The molecule has 1 aromatic carbocycles. The van der Waals surface area contributed by atoms with Crippen LogP contribution in [0.25, 0.3) is 0 Å². The first kappa shape index (κ1) is 15.2. The normalized spacial score (nSPS) is 10.9. The number of benzene rings is 1. The van der Waals surface area contributed by atoms with Gasteiger partial charge in [0, 0.05) is 7.05 Å². The first-order valence-electron chi connectivity index (χ1n) is 5.18. The van der Waals surface area contributed by atoms with Crippen LogP contribution in [-0.2, 0) is 6.18 Å². The molecule has 8 heteroatoms. The minimum atomic E-state index is -4.54. The van der Waals surface area contributed by atoms with Crippen molar-refractivity contribution >= 4 is 28.9 Å². The van der Waals surface area contributed by atoms with Crippen molar-refractivity contribution in [3.63, 3.8) is 0 Å². The van der Waals surface area contributed by atoms with Crippen LogP contribution in [-0.4, -0.2) is 29.5 Å². The fourth-order valence-electron chi connectivity index (χ4n) is 1.36. The van der Waals surface area contributed by atoms with Crippen LogP contribution in [0.4, 0.5) is 23.7 Å². The molecule has 2 amide bonds. The average Bonchev–Trinajstić information content (AvgIpc) is 2.27. The number of alkyl halides is 3. The lowest BCUT2D eigenvalue weighted by molar-refractivity contribution is -0.136. The van der Waals surface area contributed by atoms with Crippen LogP contribution in [0.15, 0.2) is 24.3 Å². The van der Waals surface area contributed by atoms with E-state index in [9.17, 15) is 18.0 Å². The van der Waals surface area contributed by atoms with Gasteiger partial charge in [-0.25, -0.2) is 4.79 Å². The number of para-hydroxylation sites is 1. The van der Waals surface area contributed by atoms with Gasteiger partial charge in [0.15, 0.2) is 0 Å².